The van der Waals surface area contributed by atoms with Gasteiger partial charge in [-0.15, -0.1) is 5.10 Å². The Morgan fingerprint density at radius 3 is 3.11 bits per heavy atom. The lowest BCUT2D eigenvalue weighted by atomic mass is 10.1. The predicted molar refractivity (Wildman–Crippen MR) is 67.4 cm³/mol. The van der Waals surface area contributed by atoms with E-state index in [1.54, 1.807) is 12.5 Å². The minimum atomic E-state index is 0.0386. The molecule has 0 saturated heterocycles. The van der Waals surface area contributed by atoms with Crippen LogP contribution in [0.15, 0.2) is 29.0 Å². The standard InChI is InChI=1S/C12H19N5O/c1-2-7-17-12(9-14-16-17)11(15-13)6-5-10-4-3-8-18-10/h3-4,8-9,11,15H,2,5-7,13H2,1H3. The molecule has 0 spiro atoms. The van der Waals surface area contributed by atoms with Gasteiger partial charge in [0.15, 0.2) is 0 Å². The van der Waals surface area contributed by atoms with Gasteiger partial charge < -0.3 is 4.42 Å². The number of nitrogens with zero attached hydrogens (tertiary/aromatic N) is 3. The molecule has 3 N–H and O–H groups in total. The van der Waals surface area contributed by atoms with Crippen LogP contribution in [0.25, 0.3) is 0 Å². The summed E-state index contributed by atoms with van der Waals surface area (Å²) in [5.41, 5.74) is 3.84. The lowest BCUT2D eigenvalue weighted by Gasteiger charge is -2.16. The summed E-state index contributed by atoms with van der Waals surface area (Å²) >= 11 is 0. The van der Waals surface area contributed by atoms with Crippen molar-refractivity contribution in [1.82, 2.24) is 20.4 Å². The molecule has 2 heterocycles. The van der Waals surface area contributed by atoms with Crippen LogP contribution in [-0.2, 0) is 13.0 Å². The van der Waals surface area contributed by atoms with Gasteiger partial charge in [0.05, 0.1) is 24.2 Å². The van der Waals surface area contributed by atoms with Gasteiger partial charge in [0.1, 0.15) is 5.76 Å². The first-order chi connectivity index (χ1) is 8.85. The maximum Gasteiger partial charge on any atom is 0.103 e. The Bertz CT molecular complexity index is 451. The molecule has 0 aromatic carbocycles. The summed E-state index contributed by atoms with van der Waals surface area (Å²) in [5, 5.41) is 8.02. The Morgan fingerprint density at radius 1 is 1.56 bits per heavy atom. The van der Waals surface area contributed by atoms with Crippen LogP contribution in [0.3, 0.4) is 0 Å². The molecule has 0 radical (unpaired) electrons. The Balaban J connectivity index is 2.01. The first-order valence-electron chi connectivity index (χ1n) is 6.22. The highest BCUT2D eigenvalue weighted by atomic mass is 16.3. The van der Waals surface area contributed by atoms with Gasteiger partial charge in [0, 0.05) is 13.0 Å². The van der Waals surface area contributed by atoms with Gasteiger partial charge in [-0.25, -0.2) is 4.68 Å². The fourth-order valence-corrected chi connectivity index (χ4v) is 1.98. The highest BCUT2D eigenvalue weighted by Gasteiger charge is 2.15. The fraction of sp³-hybridized carbons (Fsp3) is 0.500. The van der Waals surface area contributed by atoms with Crippen LogP contribution in [0.4, 0.5) is 0 Å². The highest BCUT2D eigenvalue weighted by molar-refractivity contribution is 5.04. The molecule has 1 atom stereocenters. The van der Waals surface area contributed by atoms with Gasteiger partial charge in [-0.3, -0.25) is 11.3 Å². The third kappa shape index (κ3) is 2.96. The van der Waals surface area contributed by atoms with E-state index in [1.807, 2.05) is 16.8 Å². The minimum absolute atomic E-state index is 0.0386. The zero-order chi connectivity index (χ0) is 12.8. The van der Waals surface area contributed by atoms with E-state index in [4.69, 9.17) is 10.3 Å². The molecular weight excluding hydrogens is 230 g/mol. The van der Waals surface area contributed by atoms with Crippen molar-refractivity contribution in [3.63, 3.8) is 0 Å². The lowest BCUT2D eigenvalue weighted by Crippen LogP contribution is -2.30. The topological polar surface area (TPSA) is 81.9 Å². The van der Waals surface area contributed by atoms with E-state index in [0.717, 1.165) is 37.3 Å². The summed E-state index contributed by atoms with van der Waals surface area (Å²) in [6, 6.07) is 3.90. The molecular formula is C12H19N5O. The quantitative estimate of drug-likeness (QED) is 0.573. The number of aryl methyl sites for hydroxylation is 2. The summed E-state index contributed by atoms with van der Waals surface area (Å²) in [6.45, 7) is 2.97. The summed E-state index contributed by atoms with van der Waals surface area (Å²) in [7, 11) is 0. The number of hydrazine groups is 1. The number of nitrogens with one attached hydrogen (secondary N) is 1. The molecule has 1 unspecified atom stereocenters. The molecule has 2 rings (SSSR count). The first kappa shape index (κ1) is 12.8. The monoisotopic (exact) mass is 249 g/mol. The van der Waals surface area contributed by atoms with Gasteiger partial charge in [0.2, 0.25) is 0 Å². The molecule has 2 aromatic rings. The summed E-state index contributed by atoms with van der Waals surface area (Å²) < 4.78 is 7.21. The average molecular weight is 249 g/mol. The van der Waals surface area contributed by atoms with E-state index in [0.29, 0.717) is 0 Å². The molecule has 0 saturated carbocycles. The van der Waals surface area contributed by atoms with Crippen molar-refractivity contribution in [1.29, 1.82) is 0 Å². The van der Waals surface area contributed by atoms with Crippen LogP contribution in [0.2, 0.25) is 0 Å². The van der Waals surface area contributed by atoms with E-state index in [2.05, 4.69) is 22.7 Å². The number of furan rings is 1. The molecule has 18 heavy (non-hydrogen) atoms. The number of rotatable bonds is 7. The van der Waals surface area contributed by atoms with E-state index < -0.39 is 0 Å². The highest BCUT2D eigenvalue weighted by Crippen LogP contribution is 2.18. The number of hydrogen-bond donors (Lipinski definition) is 2. The van der Waals surface area contributed by atoms with Crippen LogP contribution >= 0.6 is 0 Å². The molecule has 0 aliphatic rings. The molecule has 6 nitrogen and oxygen atoms in total. The van der Waals surface area contributed by atoms with Crippen LogP contribution in [-0.4, -0.2) is 15.0 Å². The fourth-order valence-electron chi connectivity index (χ4n) is 1.98. The predicted octanol–water partition coefficient (Wildman–Crippen LogP) is 1.42. The Kier molecular flexibility index (Phi) is 4.49. The number of hydrogen-bond acceptors (Lipinski definition) is 5. The van der Waals surface area contributed by atoms with E-state index in [9.17, 15) is 0 Å². The number of aromatic nitrogens is 3. The number of nitrogens with two attached hydrogens (primary N) is 1. The van der Waals surface area contributed by atoms with Gasteiger partial charge in [-0.2, -0.15) is 0 Å². The summed E-state index contributed by atoms with van der Waals surface area (Å²) in [4.78, 5) is 0. The molecule has 0 bridgehead atoms. The maximum absolute atomic E-state index is 5.62. The van der Waals surface area contributed by atoms with Crippen molar-refractivity contribution < 1.29 is 4.42 Å². The summed E-state index contributed by atoms with van der Waals surface area (Å²) in [5.74, 6) is 6.58. The van der Waals surface area contributed by atoms with Crippen molar-refractivity contribution >= 4 is 0 Å². The van der Waals surface area contributed by atoms with Crippen molar-refractivity contribution in [3.05, 3.63) is 36.0 Å². The maximum atomic E-state index is 5.62. The smallest absolute Gasteiger partial charge is 0.103 e. The van der Waals surface area contributed by atoms with E-state index in [1.165, 1.54) is 0 Å². The summed E-state index contributed by atoms with van der Waals surface area (Å²) in [6.07, 6.45) is 6.15. The minimum Gasteiger partial charge on any atom is -0.469 e. The second-order valence-electron chi connectivity index (χ2n) is 4.22. The van der Waals surface area contributed by atoms with Gasteiger partial charge in [0.25, 0.3) is 0 Å². The average Bonchev–Trinajstić information content (AvgIpc) is 3.02. The molecule has 0 fully saturated rings. The SMILES string of the molecule is CCCn1nncc1C(CCc1ccco1)NN. The van der Waals surface area contributed by atoms with Crippen molar-refractivity contribution in [2.75, 3.05) is 0 Å². The third-order valence-electron chi connectivity index (χ3n) is 2.90. The molecule has 98 valence electrons. The molecule has 2 aromatic heterocycles. The second kappa shape index (κ2) is 6.32. The van der Waals surface area contributed by atoms with Gasteiger partial charge in [-0.1, -0.05) is 12.1 Å². The van der Waals surface area contributed by atoms with Crippen molar-refractivity contribution in [3.8, 4) is 0 Å². The van der Waals surface area contributed by atoms with Crippen molar-refractivity contribution in [2.24, 2.45) is 5.84 Å². The molecule has 6 heteroatoms. The normalized spacial score (nSPS) is 12.8. The van der Waals surface area contributed by atoms with Crippen LogP contribution in [0.1, 0.15) is 37.3 Å². The Hall–Kier alpha value is -1.66. The van der Waals surface area contributed by atoms with Crippen LogP contribution in [0, 0.1) is 0 Å². The Morgan fingerprint density at radius 2 is 2.44 bits per heavy atom. The van der Waals surface area contributed by atoms with Gasteiger partial charge >= 0.3 is 0 Å². The Labute approximate surface area is 106 Å². The second-order valence-corrected chi connectivity index (χ2v) is 4.22. The zero-order valence-corrected chi connectivity index (χ0v) is 10.5. The largest absolute Gasteiger partial charge is 0.469 e. The molecule has 0 amide bonds. The van der Waals surface area contributed by atoms with Crippen molar-refractivity contribution in [2.45, 2.75) is 38.8 Å². The van der Waals surface area contributed by atoms with E-state index >= 15 is 0 Å². The zero-order valence-electron chi connectivity index (χ0n) is 10.5. The molecule has 0 aliphatic carbocycles. The van der Waals surface area contributed by atoms with E-state index in [-0.39, 0.29) is 6.04 Å². The molecule has 0 aliphatic heterocycles. The third-order valence-corrected chi connectivity index (χ3v) is 2.90. The lowest BCUT2D eigenvalue weighted by molar-refractivity contribution is 0.430. The van der Waals surface area contributed by atoms with Gasteiger partial charge in [-0.05, 0) is 25.0 Å². The van der Waals surface area contributed by atoms with Crippen LogP contribution in [0.5, 0.6) is 0 Å². The first-order valence-corrected chi connectivity index (χ1v) is 6.22. The van der Waals surface area contributed by atoms with Crippen LogP contribution < -0.4 is 11.3 Å².